The number of ether oxygens (including phenoxy) is 2. The molecule has 0 atom stereocenters. The van der Waals surface area contributed by atoms with E-state index in [1.807, 2.05) is 18.2 Å². The quantitative estimate of drug-likeness (QED) is 0.509. The molecule has 6 heteroatoms. The molecule has 0 fully saturated rings. The molecule has 1 aromatic carbocycles. The number of rotatable bonds is 6. The molecule has 2 aromatic rings. The maximum Gasteiger partial charge on any atom is 0.198 e. The molecule has 2 rings (SSSR count). The van der Waals surface area contributed by atoms with Crippen LogP contribution in [0.4, 0.5) is 0 Å². The van der Waals surface area contributed by atoms with Crippen LogP contribution < -0.4 is 4.74 Å². The van der Waals surface area contributed by atoms with Gasteiger partial charge < -0.3 is 9.47 Å². The van der Waals surface area contributed by atoms with Crippen LogP contribution in [0.3, 0.4) is 0 Å². The van der Waals surface area contributed by atoms with Gasteiger partial charge in [-0.1, -0.05) is 12.1 Å². The van der Waals surface area contributed by atoms with Gasteiger partial charge in [0.05, 0.1) is 19.7 Å². The van der Waals surface area contributed by atoms with E-state index in [0.717, 1.165) is 7.57 Å². The Balaban J connectivity index is 2.27. The molecular formula is C14H12Br2O3S. The van der Waals surface area contributed by atoms with Gasteiger partial charge in [0.15, 0.2) is 5.78 Å². The van der Waals surface area contributed by atoms with Gasteiger partial charge in [0.2, 0.25) is 0 Å². The number of thiophene rings is 1. The first kappa shape index (κ1) is 15.7. The molecule has 0 unspecified atom stereocenters. The zero-order chi connectivity index (χ0) is 14.5. The first-order chi connectivity index (χ1) is 9.63. The third-order valence-electron chi connectivity index (χ3n) is 2.58. The molecule has 0 amide bonds. The monoisotopic (exact) mass is 418 g/mol. The van der Waals surface area contributed by atoms with Crippen LogP contribution >= 0.6 is 43.2 Å². The summed E-state index contributed by atoms with van der Waals surface area (Å²) in [4.78, 5) is 12.6. The van der Waals surface area contributed by atoms with Crippen molar-refractivity contribution in [3.63, 3.8) is 0 Å². The largest absolute Gasteiger partial charge is 0.490 e. The molecule has 0 aliphatic rings. The highest BCUT2D eigenvalue weighted by atomic mass is 79.9. The third kappa shape index (κ3) is 3.69. The third-order valence-corrected chi connectivity index (χ3v) is 4.92. The molecule has 0 radical (unpaired) electrons. The standard InChI is InChI=1S/C14H12Br2O3S/c1-18-6-7-19-11-5-3-2-4-9(11)13(17)10-8-12(15)20-14(10)16/h2-5,8H,6-7H2,1H3. The summed E-state index contributed by atoms with van der Waals surface area (Å²) in [6.07, 6.45) is 0. The van der Waals surface area contributed by atoms with Crippen molar-refractivity contribution >= 4 is 49.0 Å². The number of methoxy groups -OCH3 is 1. The molecule has 1 aromatic heterocycles. The molecule has 0 N–H and O–H groups in total. The Bertz CT molecular complexity index is 610. The summed E-state index contributed by atoms with van der Waals surface area (Å²) in [6, 6.07) is 9.03. The Hall–Kier alpha value is -0.690. The zero-order valence-corrected chi connectivity index (χ0v) is 14.7. The van der Waals surface area contributed by atoms with Crippen LogP contribution in [0.5, 0.6) is 5.75 Å². The van der Waals surface area contributed by atoms with Gasteiger partial charge in [0, 0.05) is 12.7 Å². The highest BCUT2D eigenvalue weighted by Crippen LogP contribution is 2.34. The lowest BCUT2D eigenvalue weighted by Gasteiger charge is -2.10. The van der Waals surface area contributed by atoms with Gasteiger partial charge in [-0.05, 0) is 50.1 Å². The minimum Gasteiger partial charge on any atom is -0.490 e. The van der Waals surface area contributed by atoms with Gasteiger partial charge in [-0.15, -0.1) is 11.3 Å². The number of hydrogen-bond donors (Lipinski definition) is 0. The van der Waals surface area contributed by atoms with Crippen molar-refractivity contribution in [3.05, 3.63) is 49.0 Å². The van der Waals surface area contributed by atoms with Crippen molar-refractivity contribution in [1.29, 1.82) is 0 Å². The Morgan fingerprint density at radius 3 is 2.60 bits per heavy atom. The van der Waals surface area contributed by atoms with Gasteiger partial charge in [0.1, 0.15) is 12.4 Å². The van der Waals surface area contributed by atoms with Crippen molar-refractivity contribution in [2.45, 2.75) is 0 Å². The van der Waals surface area contributed by atoms with Crippen LogP contribution in [0.2, 0.25) is 0 Å². The predicted octanol–water partition coefficient (Wildman–Crippen LogP) is 4.53. The maximum absolute atomic E-state index is 12.6. The average Bonchev–Trinajstić information content (AvgIpc) is 2.78. The second-order valence-corrected chi connectivity index (χ2v) is 7.65. The highest BCUT2D eigenvalue weighted by molar-refractivity contribution is 9.12. The summed E-state index contributed by atoms with van der Waals surface area (Å²) in [5.74, 6) is 0.510. The van der Waals surface area contributed by atoms with E-state index >= 15 is 0 Å². The summed E-state index contributed by atoms with van der Waals surface area (Å²) in [6.45, 7) is 0.894. The number of para-hydroxylation sites is 1. The van der Waals surface area contributed by atoms with Gasteiger partial charge in [-0.25, -0.2) is 0 Å². The van der Waals surface area contributed by atoms with E-state index in [4.69, 9.17) is 9.47 Å². The van der Waals surface area contributed by atoms with Crippen molar-refractivity contribution in [2.75, 3.05) is 20.3 Å². The zero-order valence-electron chi connectivity index (χ0n) is 10.7. The fourth-order valence-electron chi connectivity index (χ4n) is 1.66. The first-order valence-corrected chi connectivity index (χ1v) is 8.24. The molecule has 0 bridgehead atoms. The summed E-state index contributed by atoms with van der Waals surface area (Å²) in [5.41, 5.74) is 1.18. The number of carbonyl (C=O) groups is 1. The van der Waals surface area contributed by atoms with E-state index in [1.165, 1.54) is 11.3 Å². The summed E-state index contributed by atoms with van der Waals surface area (Å²) < 4.78 is 12.3. The van der Waals surface area contributed by atoms with E-state index in [9.17, 15) is 4.79 Å². The molecule has 106 valence electrons. The molecule has 0 saturated carbocycles. The molecule has 20 heavy (non-hydrogen) atoms. The number of carbonyl (C=O) groups excluding carboxylic acids is 1. The van der Waals surface area contributed by atoms with Gasteiger partial charge >= 0.3 is 0 Å². The van der Waals surface area contributed by atoms with Gasteiger partial charge in [0.25, 0.3) is 0 Å². The second kappa shape index (κ2) is 7.36. The summed E-state index contributed by atoms with van der Waals surface area (Å²) in [5, 5.41) is 0. The molecule has 3 nitrogen and oxygen atoms in total. The highest BCUT2D eigenvalue weighted by Gasteiger charge is 2.19. The smallest absolute Gasteiger partial charge is 0.198 e. The normalized spacial score (nSPS) is 10.6. The molecule has 0 saturated heterocycles. The van der Waals surface area contributed by atoms with Gasteiger partial charge in [-0.2, -0.15) is 0 Å². The van der Waals surface area contributed by atoms with Crippen LogP contribution in [0.1, 0.15) is 15.9 Å². The molecule has 0 aliphatic carbocycles. The fraction of sp³-hybridized carbons (Fsp3) is 0.214. The topological polar surface area (TPSA) is 35.5 Å². The Kier molecular flexibility index (Phi) is 5.77. The number of ketones is 1. The van der Waals surface area contributed by atoms with E-state index in [0.29, 0.717) is 30.1 Å². The first-order valence-electron chi connectivity index (χ1n) is 5.83. The molecule has 0 aliphatic heterocycles. The maximum atomic E-state index is 12.6. The predicted molar refractivity (Wildman–Crippen MR) is 87.0 cm³/mol. The van der Waals surface area contributed by atoms with Crippen LogP contribution in [0.25, 0.3) is 0 Å². The van der Waals surface area contributed by atoms with Crippen LogP contribution in [0.15, 0.2) is 37.9 Å². The van der Waals surface area contributed by atoms with E-state index < -0.39 is 0 Å². The molecule has 0 spiro atoms. The number of halogens is 2. The van der Waals surface area contributed by atoms with Crippen molar-refractivity contribution in [3.8, 4) is 5.75 Å². The van der Waals surface area contributed by atoms with Crippen molar-refractivity contribution in [2.24, 2.45) is 0 Å². The van der Waals surface area contributed by atoms with E-state index in [1.54, 1.807) is 19.2 Å². The summed E-state index contributed by atoms with van der Waals surface area (Å²) >= 11 is 8.26. The second-order valence-electron chi connectivity index (χ2n) is 3.90. The van der Waals surface area contributed by atoms with E-state index in [2.05, 4.69) is 31.9 Å². The van der Waals surface area contributed by atoms with Crippen molar-refractivity contribution in [1.82, 2.24) is 0 Å². The number of benzene rings is 1. The Morgan fingerprint density at radius 1 is 1.20 bits per heavy atom. The minimum absolute atomic E-state index is 0.0631. The average molecular weight is 420 g/mol. The lowest BCUT2D eigenvalue weighted by Crippen LogP contribution is -2.09. The SMILES string of the molecule is COCCOc1ccccc1C(=O)c1cc(Br)sc1Br. The summed E-state index contributed by atoms with van der Waals surface area (Å²) in [7, 11) is 1.61. The van der Waals surface area contributed by atoms with Crippen LogP contribution in [-0.4, -0.2) is 26.1 Å². The molecular weight excluding hydrogens is 408 g/mol. The number of hydrogen-bond acceptors (Lipinski definition) is 4. The fourth-order valence-corrected chi connectivity index (χ4v) is 4.45. The lowest BCUT2D eigenvalue weighted by molar-refractivity contribution is 0.103. The molecule has 1 heterocycles. The van der Waals surface area contributed by atoms with E-state index in [-0.39, 0.29) is 5.78 Å². The Labute approximate surface area is 138 Å². The Morgan fingerprint density at radius 2 is 1.95 bits per heavy atom. The minimum atomic E-state index is -0.0631. The van der Waals surface area contributed by atoms with Crippen LogP contribution in [-0.2, 0) is 4.74 Å². The van der Waals surface area contributed by atoms with Crippen LogP contribution in [0, 0.1) is 0 Å². The van der Waals surface area contributed by atoms with Gasteiger partial charge in [-0.3, -0.25) is 4.79 Å². The van der Waals surface area contributed by atoms with Crippen molar-refractivity contribution < 1.29 is 14.3 Å². The lowest BCUT2D eigenvalue weighted by atomic mass is 10.1.